The molecule has 2 heterocycles. The fourth-order valence-electron chi connectivity index (χ4n) is 7.85. The van der Waals surface area contributed by atoms with Crippen molar-refractivity contribution in [3.63, 3.8) is 0 Å². The van der Waals surface area contributed by atoms with Crippen molar-refractivity contribution >= 4 is 23.9 Å². The Kier molecular flexibility index (Phi) is 20.5. The number of hydrazine groups is 1. The number of benzene rings is 3. The number of nitrogens with zero attached hydrogens (tertiary/aromatic N) is 5. The average Bonchev–Trinajstić information content (AvgIpc) is 3.32. The molecule has 65 heavy (non-hydrogen) atoms. The average molecular weight is 900 g/mol. The summed E-state index contributed by atoms with van der Waals surface area (Å²) in [5.74, 6) is -1.36. The van der Waals surface area contributed by atoms with Crippen LogP contribution in [0.15, 0.2) is 84.9 Å². The Balaban J connectivity index is 1.34. The van der Waals surface area contributed by atoms with Gasteiger partial charge in [0.2, 0.25) is 5.91 Å². The van der Waals surface area contributed by atoms with Crippen LogP contribution >= 0.6 is 0 Å². The lowest BCUT2D eigenvalue weighted by Gasteiger charge is -2.34. The second kappa shape index (κ2) is 26.1. The van der Waals surface area contributed by atoms with Crippen LogP contribution in [0.25, 0.3) is 11.1 Å². The van der Waals surface area contributed by atoms with Gasteiger partial charge in [-0.3, -0.25) is 24.4 Å². The van der Waals surface area contributed by atoms with Gasteiger partial charge < -0.3 is 40.3 Å². The number of urea groups is 2. The molecule has 0 saturated carbocycles. The first kappa shape index (κ1) is 50.9. The molecule has 2 saturated heterocycles. The fourth-order valence-corrected chi connectivity index (χ4v) is 7.85. The maximum absolute atomic E-state index is 14.8. The minimum Gasteiger partial charge on any atom is -0.390 e. The third-order valence-electron chi connectivity index (χ3n) is 12.1. The maximum atomic E-state index is 14.8. The summed E-state index contributed by atoms with van der Waals surface area (Å²) in [6.45, 7) is 15.7. The van der Waals surface area contributed by atoms with E-state index in [9.17, 15) is 24.3 Å². The zero-order valence-corrected chi connectivity index (χ0v) is 39.3. The highest BCUT2D eigenvalue weighted by Crippen LogP contribution is 2.25. The second-order valence-electron chi connectivity index (χ2n) is 17.8. The lowest BCUT2D eigenvalue weighted by molar-refractivity contribution is -0.139. The quantitative estimate of drug-likeness (QED) is 0.0944. The third-order valence-corrected chi connectivity index (χ3v) is 12.1. The van der Waals surface area contributed by atoms with Gasteiger partial charge in [-0.25, -0.2) is 15.0 Å². The molecule has 5 N–H and O–H groups in total. The number of morpholine rings is 2. The Hall–Kier alpha value is -5.10. The fraction of sp³-hybridized carbons (Fsp3) is 0.551. The maximum Gasteiger partial charge on any atom is 0.317 e. The first-order valence-electron chi connectivity index (χ1n) is 23.1. The van der Waals surface area contributed by atoms with Gasteiger partial charge in [0.25, 0.3) is 5.91 Å². The predicted molar refractivity (Wildman–Crippen MR) is 253 cm³/mol. The van der Waals surface area contributed by atoms with Gasteiger partial charge in [0, 0.05) is 73.0 Å². The summed E-state index contributed by atoms with van der Waals surface area (Å²) in [6, 6.07) is 23.9. The molecule has 16 heteroatoms. The van der Waals surface area contributed by atoms with Gasteiger partial charge in [0.1, 0.15) is 12.1 Å². The molecule has 5 rings (SSSR count). The number of rotatable bonds is 22. The van der Waals surface area contributed by atoms with E-state index in [-0.39, 0.29) is 49.3 Å². The van der Waals surface area contributed by atoms with Crippen LogP contribution in [0, 0.1) is 11.8 Å². The molecule has 2 fully saturated rings. The van der Waals surface area contributed by atoms with Crippen molar-refractivity contribution in [3.8, 4) is 11.1 Å². The van der Waals surface area contributed by atoms with Gasteiger partial charge in [0.15, 0.2) is 0 Å². The van der Waals surface area contributed by atoms with Crippen molar-refractivity contribution in [2.24, 2.45) is 11.8 Å². The highest BCUT2D eigenvalue weighted by Gasteiger charge is 2.33. The van der Waals surface area contributed by atoms with Crippen molar-refractivity contribution in [1.82, 2.24) is 46.0 Å². The molecule has 0 spiro atoms. The molecule has 6 amide bonds. The monoisotopic (exact) mass is 900 g/mol. The van der Waals surface area contributed by atoms with Crippen molar-refractivity contribution in [2.45, 2.75) is 64.9 Å². The van der Waals surface area contributed by atoms with Crippen molar-refractivity contribution in [3.05, 3.63) is 96.1 Å². The molecule has 3 aromatic rings. The third kappa shape index (κ3) is 16.1. The van der Waals surface area contributed by atoms with Crippen LogP contribution in [0.5, 0.6) is 0 Å². The van der Waals surface area contributed by atoms with Gasteiger partial charge >= 0.3 is 12.1 Å². The minimum absolute atomic E-state index is 0.110. The van der Waals surface area contributed by atoms with Crippen LogP contribution in [0.2, 0.25) is 0 Å². The normalized spacial score (nSPS) is 16.6. The summed E-state index contributed by atoms with van der Waals surface area (Å²) in [7, 11) is 3.44. The van der Waals surface area contributed by atoms with Gasteiger partial charge in [-0.05, 0) is 40.5 Å². The van der Waals surface area contributed by atoms with E-state index in [1.54, 1.807) is 23.9 Å². The molecule has 0 radical (unpaired) electrons. The first-order valence-corrected chi connectivity index (χ1v) is 23.1. The molecule has 356 valence electrons. The molecule has 2 aliphatic rings. The number of hydrogen-bond donors (Lipinski definition) is 5. The summed E-state index contributed by atoms with van der Waals surface area (Å²) in [5, 5.41) is 22.5. The summed E-state index contributed by atoms with van der Waals surface area (Å²) < 4.78 is 10.9. The van der Waals surface area contributed by atoms with Gasteiger partial charge in [-0.2, -0.15) is 0 Å². The SMILES string of the molecule is CC(C)[C@H](NC(=O)N(C)CCN1CCOCC1)C(=O)N[C@@H](Cc1ccccc1)C(O)CNN(Cc1ccccc1-c1ccccc1)C(=O)[C@@H](NC(=O)N(C)CCN1CCOCC1)C(C)C. The Morgan fingerprint density at radius 2 is 1.15 bits per heavy atom. The number of nitrogens with one attached hydrogen (secondary N) is 4. The molecule has 4 atom stereocenters. The first-order chi connectivity index (χ1) is 31.3. The largest absolute Gasteiger partial charge is 0.390 e. The van der Waals surface area contributed by atoms with E-state index in [1.165, 1.54) is 5.01 Å². The second-order valence-corrected chi connectivity index (χ2v) is 17.8. The number of carbonyl (C=O) groups is 4. The van der Waals surface area contributed by atoms with E-state index in [0.717, 1.165) is 48.4 Å². The molecular formula is C49H73N9O7. The molecule has 2 aliphatic heterocycles. The van der Waals surface area contributed by atoms with Gasteiger partial charge in [-0.1, -0.05) is 113 Å². The van der Waals surface area contributed by atoms with E-state index in [0.29, 0.717) is 52.6 Å². The Bertz CT molecular complexity index is 1910. The van der Waals surface area contributed by atoms with Crippen molar-refractivity contribution in [1.29, 1.82) is 0 Å². The smallest absolute Gasteiger partial charge is 0.317 e. The van der Waals surface area contributed by atoms with E-state index >= 15 is 0 Å². The van der Waals surface area contributed by atoms with Crippen molar-refractivity contribution < 1.29 is 33.8 Å². The highest BCUT2D eigenvalue weighted by molar-refractivity contribution is 5.88. The zero-order chi connectivity index (χ0) is 46.7. The molecular weight excluding hydrogens is 827 g/mol. The van der Waals surface area contributed by atoms with E-state index in [4.69, 9.17) is 9.47 Å². The molecule has 0 bridgehead atoms. The summed E-state index contributed by atoms with van der Waals surface area (Å²) in [5.41, 5.74) is 6.89. The lowest BCUT2D eigenvalue weighted by Crippen LogP contribution is -2.60. The van der Waals surface area contributed by atoms with Crippen LogP contribution in [0.4, 0.5) is 9.59 Å². The number of amides is 6. The molecule has 3 aromatic carbocycles. The summed E-state index contributed by atoms with van der Waals surface area (Å²) >= 11 is 0. The molecule has 16 nitrogen and oxygen atoms in total. The lowest BCUT2D eigenvalue weighted by atomic mass is 9.98. The van der Waals surface area contributed by atoms with Crippen LogP contribution in [-0.4, -0.2) is 177 Å². The van der Waals surface area contributed by atoms with Crippen LogP contribution in [0.3, 0.4) is 0 Å². The van der Waals surface area contributed by atoms with E-state index in [2.05, 4.69) is 31.2 Å². The summed E-state index contributed by atoms with van der Waals surface area (Å²) in [4.78, 5) is 63.7. The standard InChI is InChI=1S/C49H73N9O7/c1-36(2)44(52-48(62)54(5)21-23-56-25-29-64-30-26-56)46(60)51-42(33-38-15-9-7-10-16-38)43(59)34-50-58(35-40-19-13-14-20-41(40)39-17-11-8-12-18-39)47(61)45(37(3)4)53-49(63)55(6)22-24-57-27-31-65-32-28-57/h7-20,36-37,42-45,50,59H,21-35H2,1-6H3,(H,51,60)(H,52,62)(H,53,63)/t42-,43?,44-,45-/m0/s1. The van der Waals surface area contributed by atoms with E-state index < -0.39 is 30.1 Å². The minimum atomic E-state index is -1.20. The Morgan fingerprint density at radius 1 is 0.662 bits per heavy atom. The van der Waals surface area contributed by atoms with Crippen LogP contribution < -0.4 is 21.4 Å². The molecule has 0 aliphatic carbocycles. The number of carbonyl (C=O) groups excluding carboxylic acids is 4. The van der Waals surface area contributed by atoms with Gasteiger partial charge in [-0.15, -0.1) is 0 Å². The van der Waals surface area contributed by atoms with Gasteiger partial charge in [0.05, 0.1) is 45.1 Å². The topological polar surface area (TPSA) is 171 Å². The number of hydrogen-bond acceptors (Lipinski definition) is 10. The molecule has 0 aromatic heterocycles. The molecule has 1 unspecified atom stereocenters. The van der Waals surface area contributed by atoms with Crippen molar-refractivity contribution in [2.75, 3.05) is 99.4 Å². The number of aliphatic hydroxyl groups excluding tert-OH is 1. The predicted octanol–water partition coefficient (Wildman–Crippen LogP) is 3.27. The zero-order valence-electron chi connectivity index (χ0n) is 39.3. The Morgan fingerprint density at radius 3 is 1.69 bits per heavy atom. The number of aliphatic hydroxyl groups is 1. The van der Waals surface area contributed by atoms with Crippen LogP contribution in [0.1, 0.15) is 38.8 Å². The van der Waals surface area contributed by atoms with Crippen LogP contribution in [-0.2, 0) is 32.0 Å². The number of ether oxygens (including phenoxy) is 2. The highest BCUT2D eigenvalue weighted by atomic mass is 16.5. The summed E-state index contributed by atoms with van der Waals surface area (Å²) in [6.07, 6.45) is -0.920. The Labute approximate surface area is 385 Å². The number of likely N-dealkylation sites (N-methyl/N-ethyl adjacent to an activating group) is 2. The van der Waals surface area contributed by atoms with E-state index in [1.807, 2.05) is 113 Å².